The molecule has 1 unspecified atom stereocenters. The molecular weight excluding hydrogens is 308 g/mol. The molecule has 1 saturated heterocycles. The Kier molecular flexibility index (Phi) is 3.81. The minimum Gasteiger partial charge on any atom is -0.462 e. The molecule has 0 aliphatic carbocycles. The number of hydrogen-bond acceptors (Lipinski definition) is 6. The van der Waals surface area contributed by atoms with Crippen LogP contribution in [0.4, 0.5) is 5.69 Å². The van der Waals surface area contributed by atoms with Crippen molar-refractivity contribution in [1.82, 2.24) is 5.01 Å². The first-order valence-corrected chi connectivity index (χ1v) is 7.61. The van der Waals surface area contributed by atoms with E-state index in [9.17, 15) is 9.59 Å². The average Bonchev–Trinajstić information content (AvgIpc) is 2.77. The van der Waals surface area contributed by atoms with Crippen molar-refractivity contribution in [1.29, 1.82) is 5.41 Å². The summed E-state index contributed by atoms with van der Waals surface area (Å²) >= 11 is 0. The van der Waals surface area contributed by atoms with E-state index in [1.54, 1.807) is 38.0 Å². The van der Waals surface area contributed by atoms with Crippen LogP contribution in [-0.4, -0.2) is 47.5 Å². The predicted octanol–water partition coefficient (Wildman–Crippen LogP) is 1.56. The number of fused-ring (bicyclic) bond motifs is 1. The van der Waals surface area contributed by atoms with E-state index in [2.05, 4.69) is 4.99 Å². The van der Waals surface area contributed by atoms with Gasteiger partial charge in [0.05, 0.1) is 18.0 Å². The van der Waals surface area contributed by atoms with Crippen molar-refractivity contribution in [3.63, 3.8) is 0 Å². The van der Waals surface area contributed by atoms with Gasteiger partial charge < -0.3 is 10.1 Å². The van der Waals surface area contributed by atoms with Gasteiger partial charge >= 0.3 is 5.97 Å². The number of ether oxygens (including phenoxy) is 1. The lowest BCUT2D eigenvalue weighted by atomic mass is 9.84. The minimum absolute atomic E-state index is 0.000214. The molecule has 0 bridgehead atoms. The van der Waals surface area contributed by atoms with Crippen molar-refractivity contribution in [3.05, 3.63) is 42.1 Å². The number of rotatable bonds is 3. The lowest BCUT2D eigenvalue weighted by Crippen LogP contribution is -2.55. The molecule has 1 aromatic carbocycles. The third kappa shape index (κ3) is 2.09. The molecule has 7 heteroatoms. The Labute approximate surface area is 139 Å². The number of carbonyl (C=O) groups excluding carboxylic acids is 2. The predicted molar refractivity (Wildman–Crippen MR) is 90.0 cm³/mol. The Morgan fingerprint density at radius 3 is 2.62 bits per heavy atom. The molecule has 0 spiro atoms. The fraction of sp³-hybridized carbons (Fsp3) is 0.294. The van der Waals surface area contributed by atoms with Crippen molar-refractivity contribution in [2.45, 2.75) is 19.4 Å². The Balaban J connectivity index is 2.04. The number of nitrogens with one attached hydrogen (secondary N) is 1. The second-order valence-electron chi connectivity index (χ2n) is 5.66. The number of aliphatic imine (C=N–C) groups is 1. The van der Waals surface area contributed by atoms with Crippen LogP contribution in [-0.2, 0) is 14.3 Å². The van der Waals surface area contributed by atoms with Gasteiger partial charge in [-0.2, -0.15) is 5.01 Å². The van der Waals surface area contributed by atoms with E-state index in [0.29, 0.717) is 5.69 Å². The fourth-order valence-electron chi connectivity index (χ4n) is 2.94. The maximum atomic E-state index is 12.8. The Morgan fingerprint density at radius 2 is 2.00 bits per heavy atom. The molecule has 0 saturated carbocycles. The SMILES string of the molecule is CCOC(=O)C1=CN=C2C(=O)N(c3ccccc3)N(C)C2(C)C1=N. The first kappa shape index (κ1) is 16.1. The van der Waals surface area contributed by atoms with E-state index in [0.717, 1.165) is 0 Å². The van der Waals surface area contributed by atoms with Crippen LogP contribution < -0.4 is 5.01 Å². The van der Waals surface area contributed by atoms with Gasteiger partial charge in [-0.3, -0.25) is 9.79 Å². The highest BCUT2D eigenvalue weighted by Crippen LogP contribution is 2.36. The molecule has 24 heavy (non-hydrogen) atoms. The van der Waals surface area contributed by atoms with E-state index in [-0.39, 0.29) is 29.5 Å². The third-order valence-corrected chi connectivity index (χ3v) is 4.38. The molecule has 3 rings (SSSR count). The van der Waals surface area contributed by atoms with E-state index < -0.39 is 11.5 Å². The quantitative estimate of drug-likeness (QED) is 0.854. The Bertz CT molecular complexity index is 784. The largest absolute Gasteiger partial charge is 0.462 e. The first-order valence-electron chi connectivity index (χ1n) is 7.61. The van der Waals surface area contributed by atoms with E-state index in [1.165, 1.54) is 11.2 Å². The standard InChI is InChI=1S/C17H18N4O3/c1-4-24-16(23)12-10-19-14-15(22)21(11-8-6-5-7-9-11)20(3)17(14,2)13(12)18/h5-10,18H,4H2,1-3H3. The summed E-state index contributed by atoms with van der Waals surface area (Å²) in [6.45, 7) is 3.62. The van der Waals surface area contributed by atoms with Gasteiger partial charge in [-0.15, -0.1) is 0 Å². The number of carbonyl (C=O) groups is 2. The summed E-state index contributed by atoms with van der Waals surface area (Å²) in [5, 5.41) is 11.6. The van der Waals surface area contributed by atoms with Gasteiger partial charge in [-0.1, -0.05) is 18.2 Å². The van der Waals surface area contributed by atoms with Crippen LogP contribution >= 0.6 is 0 Å². The van der Waals surface area contributed by atoms with Crippen molar-refractivity contribution < 1.29 is 14.3 Å². The molecule has 1 N–H and O–H groups in total. The van der Waals surface area contributed by atoms with E-state index in [4.69, 9.17) is 10.1 Å². The number of nitrogens with zero attached hydrogens (tertiary/aromatic N) is 3. The number of hydrogen-bond donors (Lipinski definition) is 1. The number of para-hydroxylation sites is 1. The monoisotopic (exact) mass is 326 g/mol. The molecule has 0 radical (unpaired) electrons. The molecule has 2 heterocycles. The van der Waals surface area contributed by atoms with Crippen molar-refractivity contribution >= 4 is 29.0 Å². The second-order valence-corrected chi connectivity index (χ2v) is 5.66. The molecule has 1 atom stereocenters. The first-order chi connectivity index (χ1) is 11.4. The third-order valence-electron chi connectivity index (χ3n) is 4.38. The molecule has 124 valence electrons. The van der Waals surface area contributed by atoms with Crippen LogP contribution in [0.2, 0.25) is 0 Å². The van der Waals surface area contributed by atoms with Gasteiger partial charge in [-0.05, 0) is 26.0 Å². The molecule has 7 nitrogen and oxygen atoms in total. The number of amides is 1. The summed E-state index contributed by atoms with van der Waals surface area (Å²) in [6.07, 6.45) is 1.25. The number of hydrazine groups is 1. The summed E-state index contributed by atoms with van der Waals surface area (Å²) in [5.74, 6) is -0.916. The van der Waals surface area contributed by atoms with Crippen LogP contribution in [0.3, 0.4) is 0 Å². The number of esters is 1. The summed E-state index contributed by atoms with van der Waals surface area (Å²) < 4.78 is 4.98. The number of anilines is 1. The minimum atomic E-state index is -1.12. The zero-order chi connectivity index (χ0) is 17.5. The van der Waals surface area contributed by atoms with E-state index in [1.807, 2.05) is 18.2 Å². The fourth-order valence-corrected chi connectivity index (χ4v) is 2.94. The van der Waals surface area contributed by atoms with Crippen LogP contribution in [0.25, 0.3) is 0 Å². The van der Waals surface area contributed by atoms with Crippen LogP contribution in [0.5, 0.6) is 0 Å². The van der Waals surface area contributed by atoms with E-state index >= 15 is 0 Å². The lowest BCUT2D eigenvalue weighted by Gasteiger charge is -2.36. The van der Waals surface area contributed by atoms with Crippen LogP contribution in [0.1, 0.15) is 13.8 Å². The Hall–Kier alpha value is -2.80. The summed E-state index contributed by atoms with van der Waals surface area (Å²) in [7, 11) is 1.70. The van der Waals surface area contributed by atoms with Gasteiger partial charge in [-0.25, -0.2) is 9.80 Å². The van der Waals surface area contributed by atoms with Crippen molar-refractivity contribution in [3.8, 4) is 0 Å². The molecule has 1 amide bonds. The summed E-state index contributed by atoms with van der Waals surface area (Å²) in [6, 6.07) is 9.13. The number of benzene rings is 1. The van der Waals surface area contributed by atoms with Gasteiger partial charge in [0, 0.05) is 13.2 Å². The maximum Gasteiger partial charge on any atom is 0.341 e. The highest BCUT2D eigenvalue weighted by atomic mass is 16.5. The molecule has 2 aliphatic rings. The lowest BCUT2D eigenvalue weighted by molar-refractivity contribution is -0.137. The zero-order valence-corrected chi connectivity index (χ0v) is 13.7. The highest BCUT2D eigenvalue weighted by molar-refractivity contribution is 6.55. The van der Waals surface area contributed by atoms with Crippen molar-refractivity contribution in [2.24, 2.45) is 4.99 Å². The molecule has 2 aliphatic heterocycles. The normalized spacial score (nSPS) is 23.7. The highest BCUT2D eigenvalue weighted by Gasteiger charge is 2.56. The molecule has 0 aromatic heterocycles. The smallest absolute Gasteiger partial charge is 0.341 e. The van der Waals surface area contributed by atoms with Crippen LogP contribution in [0.15, 0.2) is 47.1 Å². The van der Waals surface area contributed by atoms with Gasteiger partial charge in [0.2, 0.25) is 0 Å². The molecular formula is C17H18N4O3. The summed E-state index contributed by atoms with van der Waals surface area (Å²) in [4.78, 5) is 29.1. The van der Waals surface area contributed by atoms with Crippen molar-refractivity contribution in [2.75, 3.05) is 18.7 Å². The maximum absolute atomic E-state index is 12.8. The van der Waals surface area contributed by atoms with Gasteiger partial charge in [0.15, 0.2) is 0 Å². The average molecular weight is 326 g/mol. The molecule has 1 fully saturated rings. The Morgan fingerprint density at radius 1 is 1.33 bits per heavy atom. The van der Waals surface area contributed by atoms with Crippen LogP contribution in [0, 0.1) is 5.41 Å². The molecule has 1 aromatic rings. The topological polar surface area (TPSA) is 86.1 Å². The van der Waals surface area contributed by atoms with Gasteiger partial charge in [0.1, 0.15) is 16.8 Å². The second kappa shape index (κ2) is 5.68. The zero-order valence-electron chi connectivity index (χ0n) is 13.7. The van der Waals surface area contributed by atoms with Gasteiger partial charge in [0.25, 0.3) is 5.91 Å². The summed E-state index contributed by atoms with van der Waals surface area (Å²) in [5.41, 5.74) is -0.164.